The summed E-state index contributed by atoms with van der Waals surface area (Å²) in [6, 6.07) is 11.1. The zero-order valence-electron chi connectivity index (χ0n) is 15.1. The largest absolute Gasteiger partial charge is 0.490 e. The summed E-state index contributed by atoms with van der Waals surface area (Å²) in [4.78, 5) is 16.3. The van der Waals surface area contributed by atoms with Crippen LogP contribution in [-0.4, -0.2) is 35.6 Å². The minimum atomic E-state index is -0.304. The summed E-state index contributed by atoms with van der Waals surface area (Å²) in [5, 5.41) is 4.52. The van der Waals surface area contributed by atoms with E-state index in [1.54, 1.807) is 12.4 Å². The summed E-state index contributed by atoms with van der Waals surface area (Å²) in [6.07, 6.45) is 3.28. The maximum absolute atomic E-state index is 12.1. The highest BCUT2D eigenvalue weighted by Gasteiger charge is 2.14. The Morgan fingerprint density at radius 3 is 2.69 bits per heavy atom. The third-order valence-electron chi connectivity index (χ3n) is 3.26. The molecule has 1 aromatic heterocycles. The second kappa shape index (κ2) is 10.5. The lowest BCUT2D eigenvalue weighted by atomic mass is 10.2. The molecule has 0 unspecified atom stereocenters. The first-order valence-electron chi connectivity index (χ1n) is 8.44. The van der Waals surface area contributed by atoms with Crippen molar-refractivity contribution in [2.75, 3.05) is 13.2 Å². The van der Waals surface area contributed by atoms with Crippen LogP contribution in [0.5, 0.6) is 11.5 Å². The van der Waals surface area contributed by atoms with Crippen molar-refractivity contribution < 1.29 is 14.3 Å². The normalized spacial score (nSPS) is 12.0. The molecule has 1 amide bonds. The average molecular weight is 373 g/mol. The molecule has 0 bridgehead atoms. The van der Waals surface area contributed by atoms with Crippen molar-refractivity contribution >= 4 is 23.9 Å². The van der Waals surface area contributed by atoms with Gasteiger partial charge in [-0.25, -0.2) is 10.4 Å². The van der Waals surface area contributed by atoms with Crippen LogP contribution in [0.4, 0.5) is 0 Å². The lowest BCUT2D eigenvalue weighted by molar-refractivity contribution is -0.120. The van der Waals surface area contributed by atoms with E-state index in [2.05, 4.69) is 15.5 Å². The highest BCUT2D eigenvalue weighted by atomic mass is 32.2. The molecule has 7 heteroatoms. The summed E-state index contributed by atoms with van der Waals surface area (Å²) in [6.45, 7) is 6.76. The molecule has 26 heavy (non-hydrogen) atoms. The summed E-state index contributed by atoms with van der Waals surface area (Å²) >= 11 is 1.38. The van der Waals surface area contributed by atoms with Crippen LogP contribution < -0.4 is 14.9 Å². The minimum Gasteiger partial charge on any atom is -0.490 e. The van der Waals surface area contributed by atoms with Gasteiger partial charge in [0.2, 0.25) is 0 Å². The second-order valence-electron chi connectivity index (χ2n) is 5.23. The predicted molar refractivity (Wildman–Crippen MR) is 104 cm³/mol. The molecule has 2 rings (SSSR count). The van der Waals surface area contributed by atoms with Gasteiger partial charge in [0.1, 0.15) is 0 Å². The van der Waals surface area contributed by atoms with Gasteiger partial charge in [0.15, 0.2) is 11.5 Å². The van der Waals surface area contributed by atoms with Gasteiger partial charge in [0, 0.05) is 6.20 Å². The van der Waals surface area contributed by atoms with Crippen molar-refractivity contribution in [2.45, 2.75) is 31.0 Å². The van der Waals surface area contributed by atoms with Gasteiger partial charge in [-0.2, -0.15) is 5.10 Å². The molecular formula is C19H23N3O3S. The first-order chi connectivity index (χ1) is 12.6. The number of hydrogen-bond donors (Lipinski definition) is 1. The Kier molecular flexibility index (Phi) is 7.95. The summed E-state index contributed by atoms with van der Waals surface area (Å²) in [7, 11) is 0. The minimum absolute atomic E-state index is 0.187. The van der Waals surface area contributed by atoms with Crippen LogP contribution in [0.3, 0.4) is 0 Å². The Morgan fingerprint density at radius 2 is 2.00 bits per heavy atom. The Balaban J connectivity index is 1.94. The monoisotopic (exact) mass is 373 g/mol. The highest BCUT2D eigenvalue weighted by molar-refractivity contribution is 8.00. The lowest BCUT2D eigenvalue weighted by Gasteiger charge is -2.11. The van der Waals surface area contributed by atoms with E-state index in [0.717, 1.165) is 10.6 Å². The SMILES string of the molecule is CCOc1ccc(/C=N\NC(=O)[C@@H](C)Sc2ccccn2)cc1OCC. The third-order valence-corrected chi connectivity index (χ3v) is 4.31. The van der Waals surface area contributed by atoms with E-state index in [-0.39, 0.29) is 11.2 Å². The zero-order valence-corrected chi connectivity index (χ0v) is 16.0. The number of carbonyl (C=O) groups excluding carboxylic acids is 1. The van der Waals surface area contributed by atoms with Crippen LogP contribution in [0.1, 0.15) is 26.3 Å². The number of hydrogen-bond acceptors (Lipinski definition) is 6. The maximum atomic E-state index is 12.1. The summed E-state index contributed by atoms with van der Waals surface area (Å²) in [5.41, 5.74) is 3.36. The number of thioether (sulfide) groups is 1. The standard InChI is InChI=1S/C19H23N3O3S/c1-4-24-16-10-9-15(12-17(16)25-5-2)13-21-22-19(23)14(3)26-18-8-6-7-11-20-18/h6-14H,4-5H2,1-3H3,(H,22,23)/b21-13-/t14-/m1/s1. The quantitative estimate of drug-likeness (QED) is 0.414. The molecule has 6 nitrogen and oxygen atoms in total. The van der Waals surface area contributed by atoms with Crippen LogP contribution in [-0.2, 0) is 4.79 Å². The van der Waals surface area contributed by atoms with E-state index in [4.69, 9.17) is 9.47 Å². The fraction of sp³-hybridized carbons (Fsp3) is 0.316. The Hall–Kier alpha value is -2.54. The van der Waals surface area contributed by atoms with Gasteiger partial charge in [-0.3, -0.25) is 4.79 Å². The van der Waals surface area contributed by atoms with E-state index in [9.17, 15) is 4.79 Å². The third kappa shape index (κ3) is 6.07. The fourth-order valence-corrected chi connectivity index (χ4v) is 2.86. The van der Waals surface area contributed by atoms with Crippen LogP contribution in [0, 0.1) is 0 Å². The zero-order chi connectivity index (χ0) is 18.8. The molecule has 0 aliphatic heterocycles. The molecule has 0 aliphatic rings. The van der Waals surface area contributed by atoms with Crippen LogP contribution in [0.25, 0.3) is 0 Å². The van der Waals surface area contributed by atoms with Crippen molar-refractivity contribution in [1.29, 1.82) is 0 Å². The molecule has 0 aliphatic carbocycles. The van der Waals surface area contributed by atoms with Crippen molar-refractivity contribution in [2.24, 2.45) is 5.10 Å². The number of nitrogens with one attached hydrogen (secondary N) is 1. The van der Waals surface area contributed by atoms with Crippen molar-refractivity contribution in [3.05, 3.63) is 48.2 Å². The molecule has 0 spiro atoms. The molecule has 0 radical (unpaired) electrons. The van der Waals surface area contributed by atoms with Gasteiger partial charge >= 0.3 is 0 Å². The first-order valence-corrected chi connectivity index (χ1v) is 9.32. The highest BCUT2D eigenvalue weighted by Crippen LogP contribution is 2.28. The molecule has 0 fully saturated rings. The number of ether oxygens (including phenoxy) is 2. The van der Waals surface area contributed by atoms with Gasteiger partial charge < -0.3 is 9.47 Å². The predicted octanol–water partition coefficient (Wildman–Crippen LogP) is 3.51. The molecule has 0 saturated carbocycles. The average Bonchev–Trinajstić information content (AvgIpc) is 2.65. The Bertz CT molecular complexity index is 738. The lowest BCUT2D eigenvalue weighted by Crippen LogP contribution is -2.26. The molecule has 1 heterocycles. The fourth-order valence-electron chi connectivity index (χ4n) is 2.06. The number of rotatable bonds is 9. The van der Waals surface area contributed by atoms with Gasteiger partial charge in [-0.1, -0.05) is 17.8 Å². The number of benzene rings is 1. The van der Waals surface area contributed by atoms with Gasteiger partial charge in [-0.15, -0.1) is 0 Å². The molecular weight excluding hydrogens is 350 g/mol. The van der Waals surface area contributed by atoms with Crippen LogP contribution in [0.2, 0.25) is 0 Å². The van der Waals surface area contributed by atoms with Gasteiger partial charge in [-0.05, 0) is 56.7 Å². The van der Waals surface area contributed by atoms with E-state index in [1.807, 2.05) is 57.2 Å². The van der Waals surface area contributed by atoms with Crippen molar-refractivity contribution in [3.63, 3.8) is 0 Å². The molecule has 138 valence electrons. The number of pyridine rings is 1. The molecule has 1 atom stereocenters. The molecule has 0 saturated heterocycles. The number of amides is 1. The second-order valence-corrected chi connectivity index (χ2v) is 6.60. The summed E-state index contributed by atoms with van der Waals surface area (Å²) < 4.78 is 11.1. The number of hydrazone groups is 1. The van der Waals surface area contributed by atoms with E-state index in [1.165, 1.54) is 11.8 Å². The molecule has 1 N–H and O–H groups in total. The number of aromatic nitrogens is 1. The van der Waals surface area contributed by atoms with Gasteiger partial charge in [0.25, 0.3) is 5.91 Å². The topological polar surface area (TPSA) is 72.8 Å². The Morgan fingerprint density at radius 1 is 1.23 bits per heavy atom. The van der Waals surface area contributed by atoms with Crippen molar-refractivity contribution in [1.82, 2.24) is 10.4 Å². The molecule has 2 aromatic rings. The van der Waals surface area contributed by atoms with Gasteiger partial charge in [0.05, 0.1) is 29.7 Å². The smallest absolute Gasteiger partial charge is 0.253 e. The maximum Gasteiger partial charge on any atom is 0.253 e. The number of carbonyl (C=O) groups is 1. The van der Waals surface area contributed by atoms with Crippen LogP contribution >= 0.6 is 11.8 Å². The first kappa shape index (κ1) is 19.8. The van der Waals surface area contributed by atoms with E-state index < -0.39 is 0 Å². The Labute approximate surface area is 158 Å². The van der Waals surface area contributed by atoms with Crippen molar-refractivity contribution in [3.8, 4) is 11.5 Å². The molecule has 1 aromatic carbocycles. The number of nitrogens with zero attached hydrogens (tertiary/aromatic N) is 2. The van der Waals surface area contributed by atoms with E-state index in [0.29, 0.717) is 24.7 Å². The summed E-state index contributed by atoms with van der Waals surface area (Å²) in [5.74, 6) is 1.16. The van der Waals surface area contributed by atoms with Crippen LogP contribution in [0.15, 0.2) is 52.7 Å². The van der Waals surface area contributed by atoms with E-state index >= 15 is 0 Å².